The minimum atomic E-state index is -0.294. The van der Waals surface area contributed by atoms with Gasteiger partial charge in [-0.05, 0) is 17.5 Å². The summed E-state index contributed by atoms with van der Waals surface area (Å²) in [7, 11) is 1.61. The van der Waals surface area contributed by atoms with Gasteiger partial charge >= 0.3 is 5.88 Å². The lowest BCUT2D eigenvalue weighted by Gasteiger charge is -2.06. The van der Waals surface area contributed by atoms with Crippen LogP contribution < -0.4 is 9.79 Å². The molecule has 2 heterocycles. The second kappa shape index (κ2) is 8.93. The van der Waals surface area contributed by atoms with Gasteiger partial charge < -0.3 is 9.84 Å². The molecule has 0 saturated heterocycles. The van der Waals surface area contributed by atoms with E-state index in [2.05, 4.69) is 34.3 Å². The van der Waals surface area contributed by atoms with E-state index in [1.54, 1.807) is 13.3 Å². The molecule has 0 aliphatic heterocycles. The summed E-state index contributed by atoms with van der Waals surface area (Å²) >= 11 is 2.88. The number of aryl methyl sites for hydroxylation is 1. The van der Waals surface area contributed by atoms with Gasteiger partial charge in [0.05, 0.1) is 5.69 Å². The van der Waals surface area contributed by atoms with Crippen LogP contribution in [0.15, 0.2) is 49.7 Å². The number of aliphatic imine (C=N–C) groups is 1. The van der Waals surface area contributed by atoms with Gasteiger partial charge in [0.1, 0.15) is 6.61 Å². The molecule has 0 fully saturated rings. The Morgan fingerprint density at radius 2 is 2.19 bits per heavy atom. The first kappa shape index (κ1) is 18.6. The Balaban J connectivity index is 1.56. The normalized spacial score (nSPS) is 11.8. The largest absolute Gasteiger partial charge is 0.861 e. The maximum absolute atomic E-state index is 12.0. The Morgan fingerprint density at radius 3 is 2.96 bits per heavy atom. The standard InChI is InChI=1S/C17H18N4O3S2/c1-12-3-5-13(6-4-12)14-10-25-17(18-14)26-11-15(22)19-16-9-21(20-24-16)7-8-23-2/h3-6,9-10H,7-8,11H2,1-2H3. The van der Waals surface area contributed by atoms with E-state index in [9.17, 15) is 5.11 Å². The smallest absolute Gasteiger partial charge is 0.320 e. The number of nitrogens with zero attached hydrogens (tertiary/aromatic N) is 4. The number of ether oxygens (including phenoxy) is 1. The second-order valence-corrected chi connectivity index (χ2v) is 7.54. The molecule has 0 radical (unpaired) electrons. The van der Waals surface area contributed by atoms with Gasteiger partial charge in [-0.25, -0.2) is 9.98 Å². The van der Waals surface area contributed by atoms with Crippen molar-refractivity contribution in [3.05, 3.63) is 41.4 Å². The van der Waals surface area contributed by atoms with Gasteiger partial charge in [-0.2, -0.15) is 0 Å². The Labute approximate surface area is 159 Å². The van der Waals surface area contributed by atoms with Crippen molar-refractivity contribution in [3.8, 4) is 11.3 Å². The fourth-order valence-corrected chi connectivity index (χ4v) is 3.69. The van der Waals surface area contributed by atoms with Gasteiger partial charge in [0, 0.05) is 23.8 Å². The Hall–Kier alpha value is -2.23. The molecule has 0 aliphatic rings. The zero-order chi connectivity index (χ0) is 18.4. The van der Waals surface area contributed by atoms with Crippen molar-refractivity contribution in [1.29, 1.82) is 0 Å². The average molecular weight is 390 g/mol. The summed E-state index contributed by atoms with van der Waals surface area (Å²) in [6.07, 6.45) is 1.57. The maximum atomic E-state index is 12.0. The molecule has 3 rings (SSSR count). The van der Waals surface area contributed by atoms with Crippen LogP contribution >= 0.6 is 23.1 Å². The van der Waals surface area contributed by atoms with Crippen molar-refractivity contribution in [1.82, 2.24) is 10.3 Å². The summed E-state index contributed by atoms with van der Waals surface area (Å²) in [5, 5.41) is 17.7. The number of hydrogen-bond acceptors (Lipinski definition) is 8. The average Bonchev–Trinajstić information content (AvgIpc) is 3.28. The number of thiazole rings is 1. The van der Waals surface area contributed by atoms with Gasteiger partial charge in [0.2, 0.25) is 11.8 Å². The molecule has 0 bridgehead atoms. The lowest BCUT2D eigenvalue weighted by Crippen LogP contribution is -2.36. The fraction of sp³-hybridized carbons (Fsp3) is 0.294. The zero-order valence-electron chi connectivity index (χ0n) is 14.4. The Bertz CT molecular complexity index is 874. The van der Waals surface area contributed by atoms with Crippen molar-refractivity contribution in [2.75, 3.05) is 19.5 Å². The van der Waals surface area contributed by atoms with Crippen molar-refractivity contribution < 1.29 is 19.0 Å². The van der Waals surface area contributed by atoms with Crippen molar-refractivity contribution in [2.45, 2.75) is 17.8 Å². The van der Waals surface area contributed by atoms with Gasteiger partial charge in [-0.15, -0.1) is 11.3 Å². The summed E-state index contributed by atoms with van der Waals surface area (Å²) < 4.78 is 12.3. The Morgan fingerprint density at radius 1 is 1.38 bits per heavy atom. The predicted molar refractivity (Wildman–Crippen MR) is 98.7 cm³/mol. The topological polar surface area (TPSA) is 87.5 Å². The highest BCUT2D eigenvalue weighted by Gasteiger charge is 2.10. The van der Waals surface area contributed by atoms with Crippen LogP contribution in [0.4, 0.5) is 5.88 Å². The van der Waals surface area contributed by atoms with E-state index in [0.29, 0.717) is 13.2 Å². The van der Waals surface area contributed by atoms with E-state index in [4.69, 9.17) is 9.26 Å². The van der Waals surface area contributed by atoms with Crippen LogP contribution in [-0.2, 0) is 11.3 Å². The summed E-state index contributed by atoms with van der Waals surface area (Å²) in [4.78, 5) is 8.46. The van der Waals surface area contributed by atoms with Crippen molar-refractivity contribution in [3.63, 3.8) is 0 Å². The van der Waals surface area contributed by atoms with E-state index >= 15 is 0 Å². The van der Waals surface area contributed by atoms with Gasteiger partial charge in [-0.1, -0.05) is 41.6 Å². The van der Waals surface area contributed by atoms with Crippen LogP contribution in [0.3, 0.4) is 0 Å². The first-order valence-corrected chi connectivity index (χ1v) is 9.76. The van der Waals surface area contributed by atoms with E-state index in [-0.39, 0.29) is 17.5 Å². The molecule has 0 N–H and O–H groups in total. The molecule has 0 aliphatic carbocycles. The summed E-state index contributed by atoms with van der Waals surface area (Å²) in [6.45, 7) is 3.10. The first-order chi connectivity index (χ1) is 12.6. The molecule has 0 saturated carbocycles. The quantitative estimate of drug-likeness (QED) is 0.254. The molecule has 9 heteroatoms. The molecule has 0 atom stereocenters. The third-order valence-electron chi connectivity index (χ3n) is 3.41. The van der Waals surface area contributed by atoms with Crippen molar-refractivity contribution in [2.24, 2.45) is 4.99 Å². The maximum Gasteiger partial charge on any atom is 0.320 e. The van der Waals surface area contributed by atoms with Gasteiger partial charge in [-0.3, -0.25) is 4.52 Å². The summed E-state index contributed by atoms with van der Waals surface area (Å²) in [5.41, 5.74) is 3.19. The highest BCUT2D eigenvalue weighted by molar-refractivity contribution is 8.01. The zero-order valence-corrected chi connectivity index (χ0v) is 16.0. The molecule has 0 spiro atoms. The molecule has 2 aromatic heterocycles. The molecule has 3 aromatic rings. The monoisotopic (exact) mass is 390 g/mol. The molecule has 26 heavy (non-hydrogen) atoms. The van der Waals surface area contributed by atoms with Crippen molar-refractivity contribution >= 4 is 34.9 Å². The number of rotatable bonds is 8. The molecular weight excluding hydrogens is 372 g/mol. The SMILES string of the molecule is COCC[n+]1cc(/N=C(\[O-])CSc2nc(-c3ccc(C)cc3)cs2)on1. The van der Waals surface area contributed by atoms with E-state index in [0.717, 1.165) is 15.6 Å². The molecule has 0 unspecified atom stereocenters. The van der Waals surface area contributed by atoms with Crippen LogP contribution in [0.5, 0.6) is 0 Å². The minimum absolute atomic E-state index is 0.186. The van der Waals surface area contributed by atoms with Gasteiger partial charge in [0.25, 0.3) is 6.20 Å². The number of hydrogen-bond donors (Lipinski definition) is 0. The number of aromatic nitrogens is 3. The van der Waals surface area contributed by atoms with Crippen LogP contribution in [0.2, 0.25) is 0 Å². The highest BCUT2D eigenvalue weighted by Crippen LogP contribution is 2.28. The number of methoxy groups -OCH3 is 1. The molecular formula is C17H18N4O3S2. The van der Waals surface area contributed by atoms with E-state index in [1.165, 1.54) is 33.3 Å². The predicted octanol–water partition coefficient (Wildman–Crippen LogP) is 2.22. The van der Waals surface area contributed by atoms with E-state index < -0.39 is 0 Å². The molecule has 1 aromatic carbocycles. The number of benzene rings is 1. The van der Waals surface area contributed by atoms with Crippen LogP contribution in [0.1, 0.15) is 5.56 Å². The minimum Gasteiger partial charge on any atom is -0.861 e. The molecule has 0 amide bonds. The van der Waals surface area contributed by atoms with E-state index in [1.807, 2.05) is 17.5 Å². The van der Waals surface area contributed by atoms with Crippen LogP contribution in [0, 0.1) is 6.92 Å². The van der Waals surface area contributed by atoms with Gasteiger partial charge in [0.15, 0.2) is 4.34 Å². The van der Waals surface area contributed by atoms with Crippen LogP contribution in [-0.4, -0.2) is 35.6 Å². The number of thioether (sulfide) groups is 1. The first-order valence-electron chi connectivity index (χ1n) is 7.89. The Kier molecular flexibility index (Phi) is 6.37. The van der Waals surface area contributed by atoms with Crippen LogP contribution in [0.25, 0.3) is 11.3 Å². The lowest BCUT2D eigenvalue weighted by molar-refractivity contribution is -0.763. The molecule has 7 nitrogen and oxygen atoms in total. The summed E-state index contributed by atoms with van der Waals surface area (Å²) in [6, 6.07) is 8.20. The third kappa shape index (κ3) is 5.13. The molecule has 136 valence electrons. The lowest BCUT2D eigenvalue weighted by atomic mass is 10.1. The summed E-state index contributed by atoms with van der Waals surface area (Å²) in [5.74, 6) is 0.0860. The fourth-order valence-electron chi connectivity index (χ4n) is 2.07. The third-order valence-corrected chi connectivity index (χ3v) is 5.41. The highest BCUT2D eigenvalue weighted by atomic mass is 32.2. The second-order valence-electron chi connectivity index (χ2n) is 5.46.